The Kier molecular flexibility index (Phi) is 10.0. The Hall–Kier alpha value is -0.740. The van der Waals surface area contributed by atoms with Crippen molar-refractivity contribution in [2.24, 2.45) is 0 Å². The van der Waals surface area contributed by atoms with E-state index in [4.69, 9.17) is 19.3 Å². The van der Waals surface area contributed by atoms with Gasteiger partial charge in [-0.3, -0.25) is 9.36 Å². The molecule has 14 nitrogen and oxygen atoms in total. The maximum atomic E-state index is 11.2. The van der Waals surface area contributed by atoms with Crippen molar-refractivity contribution < 1.29 is 64.4 Å². The largest absolute Gasteiger partial charge is 0.394 e. The van der Waals surface area contributed by atoms with Gasteiger partial charge in [0.25, 0.3) is 0 Å². The first-order valence-corrected chi connectivity index (χ1v) is 10.4. The second-order valence-electron chi connectivity index (χ2n) is 6.69. The second-order valence-corrected chi connectivity index (χ2v) is 8.39. The molecule has 0 aromatic heterocycles. The molecule has 0 aliphatic carbocycles. The van der Waals surface area contributed by atoms with Crippen LogP contribution < -0.4 is 5.32 Å². The number of hydrogen-bond donors (Lipinski definition) is 10. The summed E-state index contributed by atoms with van der Waals surface area (Å²) in [5.74, 6) is -0.681. The molecule has 1 saturated heterocycles. The molecule has 15 heteroatoms. The predicted octanol–water partition coefficient (Wildman–Crippen LogP) is -5.43. The van der Waals surface area contributed by atoms with Gasteiger partial charge < -0.3 is 60.3 Å². The van der Waals surface area contributed by atoms with Gasteiger partial charge in [0.2, 0.25) is 5.91 Å². The van der Waals surface area contributed by atoms with Gasteiger partial charge in [0, 0.05) is 6.92 Å². The SMILES string of the molecule is CC(=O)N[C@@H](CO)[C@@H](O)[C@H](O[C@@H]1O[C@H](CO)[C@H](O)[C@H](O)[C@H]1O)[C@H](O)CP(=O)(O)O. The Morgan fingerprint density at radius 2 is 1.72 bits per heavy atom. The van der Waals surface area contributed by atoms with Crippen LogP contribution in [0.15, 0.2) is 0 Å². The fourth-order valence-electron chi connectivity index (χ4n) is 2.81. The van der Waals surface area contributed by atoms with Crippen LogP contribution in [0.5, 0.6) is 0 Å². The molecule has 9 atom stereocenters. The van der Waals surface area contributed by atoms with Crippen LogP contribution in [0.4, 0.5) is 0 Å². The Morgan fingerprint density at radius 3 is 2.17 bits per heavy atom. The molecule has 0 radical (unpaired) electrons. The Balaban J connectivity index is 3.12. The number of amides is 1. The topological polar surface area (TPSA) is 247 Å². The number of hydrogen-bond acceptors (Lipinski definition) is 11. The fourth-order valence-corrected chi connectivity index (χ4v) is 3.51. The molecule has 0 spiro atoms. The molecule has 1 rings (SSSR count). The summed E-state index contributed by atoms with van der Waals surface area (Å²) >= 11 is 0. The lowest BCUT2D eigenvalue weighted by molar-refractivity contribution is -0.324. The fraction of sp³-hybridized carbons (Fsp3) is 0.929. The molecule has 1 aliphatic heterocycles. The van der Waals surface area contributed by atoms with Crippen molar-refractivity contribution in [3.05, 3.63) is 0 Å². The van der Waals surface area contributed by atoms with Crippen molar-refractivity contribution in [2.75, 3.05) is 19.4 Å². The smallest absolute Gasteiger partial charge is 0.328 e. The van der Waals surface area contributed by atoms with E-state index in [-0.39, 0.29) is 0 Å². The van der Waals surface area contributed by atoms with E-state index in [1.807, 2.05) is 0 Å². The van der Waals surface area contributed by atoms with Crippen LogP contribution in [0.25, 0.3) is 0 Å². The summed E-state index contributed by atoms with van der Waals surface area (Å²) in [6.07, 6.45) is -15.9. The van der Waals surface area contributed by atoms with Crippen LogP contribution in [0.1, 0.15) is 6.92 Å². The lowest BCUT2D eigenvalue weighted by Crippen LogP contribution is -2.62. The first-order valence-electron chi connectivity index (χ1n) is 8.57. The molecular weight excluding hydrogens is 421 g/mol. The number of ether oxygens (including phenoxy) is 2. The van der Waals surface area contributed by atoms with Crippen molar-refractivity contribution in [2.45, 2.75) is 62.0 Å². The normalized spacial score (nSPS) is 32.3. The molecule has 1 aliphatic rings. The molecule has 29 heavy (non-hydrogen) atoms. The van der Waals surface area contributed by atoms with Gasteiger partial charge in [0.05, 0.1) is 31.5 Å². The van der Waals surface area contributed by atoms with Gasteiger partial charge in [-0.2, -0.15) is 0 Å². The number of carbonyl (C=O) groups excluding carboxylic acids is 1. The Bertz CT molecular complexity index is 572. The van der Waals surface area contributed by atoms with E-state index in [1.165, 1.54) is 0 Å². The van der Waals surface area contributed by atoms with E-state index in [2.05, 4.69) is 5.32 Å². The number of aliphatic hydroxyl groups is 7. The summed E-state index contributed by atoms with van der Waals surface area (Å²) in [7, 11) is -4.81. The maximum absolute atomic E-state index is 11.2. The first-order chi connectivity index (χ1) is 13.3. The molecular formula is C14H28NO13P. The van der Waals surface area contributed by atoms with Crippen LogP contribution in [0.2, 0.25) is 0 Å². The number of nitrogens with one attached hydrogen (secondary N) is 1. The lowest BCUT2D eigenvalue weighted by atomic mass is 9.98. The van der Waals surface area contributed by atoms with Gasteiger partial charge >= 0.3 is 7.60 Å². The van der Waals surface area contributed by atoms with Crippen molar-refractivity contribution in [3.63, 3.8) is 0 Å². The summed E-state index contributed by atoms with van der Waals surface area (Å²) < 4.78 is 21.5. The van der Waals surface area contributed by atoms with E-state index in [0.29, 0.717) is 0 Å². The maximum Gasteiger partial charge on any atom is 0.328 e. The van der Waals surface area contributed by atoms with Crippen molar-refractivity contribution in [1.29, 1.82) is 0 Å². The van der Waals surface area contributed by atoms with Gasteiger partial charge in [-0.15, -0.1) is 0 Å². The molecule has 1 amide bonds. The van der Waals surface area contributed by atoms with Crippen molar-refractivity contribution >= 4 is 13.5 Å². The number of rotatable bonds is 10. The average molecular weight is 449 g/mol. The van der Waals surface area contributed by atoms with E-state index >= 15 is 0 Å². The van der Waals surface area contributed by atoms with E-state index in [1.54, 1.807) is 0 Å². The molecule has 0 saturated carbocycles. The minimum atomic E-state index is -4.81. The first kappa shape index (κ1) is 26.3. The van der Waals surface area contributed by atoms with Crippen LogP contribution >= 0.6 is 7.60 Å². The van der Waals surface area contributed by atoms with Crippen LogP contribution in [-0.4, -0.2) is 126 Å². The quantitative estimate of drug-likeness (QED) is 0.140. The summed E-state index contributed by atoms with van der Waals surface area (Å²) in [5.41, 5.74) is 0. The standard InChI is InChI=1S/C14H28NO13P/c1-5(18)15-6(2-16)9(20)13(7(19)4-29(24,25)26)28-14-12(23)11(22)10(21)8(3-17)27-14/h6-14,16-17,19-23H,2-4H2,1H3,(H,15,18)(H2,24,25,26)/t6-,7+,8+,9+,10-,11-,12+,13+,14-/m0/s1. The summed E-state index contributed by atoms with van der Waals surface area (Å²) in [4.78, 5) is 29.4. The highest BCUT2D eigenvalue weighted by Crippen LogP contribution is 2.37. The Labute approximate surface area is 165 Å². The molecule has 172 valence electrons. The number of aliphatic hydroxyl groups excluding tert-OH is 7. The molecule has 0 bridgehead atoms. The van der Waals surface area contributed by atoms with E-state index in [0.717, 1.165) is 6.92 Å². The molecule has 0 aromatic rings. The third-order valence-electron chi connectivity index (χ3n) is 4.28. The molecule has 10 N–H and O–H groups in total. The summed E-state index contributed by atoms with van der Waals surface area (Å²) in [6.45, 7) is -0.582. The highest BCUT2D eigenvalue weighted by atomic mass is 31.2. The third kappa shape index (κ3) is 7.47. The zero-order valence-electron chi connectivity index (χ0n) is 15.4. The van der Waals surface area contributed by atoms with E-state index in [9.17, 15) is 45.1 Å². The highest BCUT2D eigenvalue weighted by Gasteiger charge is 2.47. The summed E-state index contributed by atoms with van der Waals surface area (Å²) in [6, 6.07) is -1.44. The zero-order chi connectivity index (χ0) is 22.5. The average Bonchev–Trinajstić information content (AvgIpc) is 2.61. The molecule has 0 unspecified atom stereocenters. The van der Waals surface area contributed by atoms with Gasteiger partial charge in [0.1, 0.15) is 36.6 Å². The van der Waals surface area contributed by atoms with Crippen LogP contribution in [0, 0.1) is 0 Å². The third-order valence-corrected chi connectivity index (χ3v) is 5.13. The minimum absolute atomic E-state index is 0.681. The van der Waals surface area contributed by atoms with E-state index < -0.39 is 87.9 Å². The van der Waals surface area contributed by atoms with Gasteiger partial charge in [-0.05, 0) is 0 Å². The second kappa shape index (κ2) is 11.0. The predicted molar refractivity (Wildman–Crippen MR) is 92.3 cm³/mol. The molecule has 0 aromatic carbocycles. The Morgan fingerprint density at radius 1 is 1.14 bits per heavy atom. The lowest BCUT2D eigenvalue weighted by Gasteiger charge is -2.42. The monoisotopic (exact) mass is 449 g/mol. The van der Waals surface area contributed by atoms with Crippen molar-refractivity contribution in [1.82, 2.24) is 5.32 Å². The van der Waals surface area contributed by atoms with Crippen molar-refractivity contribution in [3.8, 4) is 0 Å². The zero-order valence-corrected chi connectivity index (χ0v) is 16.3. The van der Waals surface area contributed by atoms with Crippen LogP contribution in [-0.2, 0) is 18.8 Å². The minimum Gasteiger partial charge on any atom is -0.394 e. The van der Waals surface area contributed by atoms with Gasteiger partial charge in [-0.1, -0.05) is 0 Å². The highest BCUT2D eigenvalue weighted by molar-refractivity contribution is 7.51. The molecule has 1 fully saturated rings. The van der Waals surface area contributed by atoms with Gasteiger partial charge in [0.15, 0.2) is 6.29 Å². The van der Waals surface area contributed by atoms with Crippen LogP contribution in [0.3, 0.4) is 0 Å². The van der Waals surface area contributed by atoms with Gasteiger partial charge in [-0.25, -0.2) is 0 Å². The number of carbonyl (C=O) groups is 1. The summed E-state index contributed by atoms with van der Waals surface area (Å²) in [5, 5.41) is 70.9. The molecule has 1 heterocycles.